The van der Waals surface area contributed by atoms with Crippen molar-refractivity contribution < 1.29 is 0 Å². The van der Waals surface area contributed by atoms with Crippen molar-refractivity contribution >= 4 is 0 Å². The topological polar surface area (TPSA) is 12.0 Å². The van der Waals surface area contributed by atoms with Crippen LogP contribution in [0, 0.1) is 11.3 Å². The van der Waals surface area contributed by atoms with Gasteiger partial charge in [0.05, 0.1) is 0 Å². The lowest BCUT2D eigenvalue weighted by molar-refractivity contribution is 0.171. The van der Waals surface area contributed by atoms with Gasteiger partial charge in [0.25, 0.3) is 0 Å². The molecule has 1 nitrogen and oxygen atoms in total. The van der Waals surface area contributed by atoms with Crippen LogP contribution >= 0.6 is 0 Å². The average Bonchev–Trinajstić information content (AvgIpc) is 2.29. The third kappa shape index (κ3) is 3.98. The van der Waals surface area contributed by atoms with Gasteiger partial charge in [-0.2, -0.15) is 0 Å². The van der Waals surface area contributed by atoms with Crippen LogP contribution in [-0.4, -0.2) is 12.1 Å². The molecule has 2 saturated carbocycles. The van der Waals surface area contributed by atoms with Crippen LogP contribution in [0.4, 0.5) is 0 Å². The molecule has 0 aromatic carbocycles. The van der Waals surface area contributed by atoms with E-state index in [0.717, 1.165) is 18.0 Å². The lowest BCUT2D eigenvalue weighted by Gasteiger charge is -2.39. The largest absolute Gasteiger partial charge is 0.311 e. The molecule has 1 heteroatoms. The summed E-state index contributed by atoms with van der Waals surface area (Å²) in [5, 5.41) is 3.94. The van der Waals surface area contributed by atoms with Gasteiger partial charge in [-0.05, 0) is 50.4 Å². The van der Waals surface area contributed by atoms with E-state index in [4.69, 9.17) is 0 Å². The quantitative estimate of drug-likeness (QED) is 0.761. The van der Waals surface area contributed by atoms with Crippen LogP contribution in [0.25, 0.3) is 0 Å². The first-order chi connectivity index (χ1) is 8.07. The molecule has 0 spiro atoms. The smallest absolute Gasteiger partial charge is 0.00747 e. The first-order valence-corrected chi connectivity index (χ1v) is 7.83. The Morgan fingerprint density at radius 2 is 1.71 bits per heavy atom. The molecule has 17 heavy (non-hydrogen) atoms. The highest BCUT2D eigenvalue weighted by Crippen LogP contribution is 2.36. The van der Waals surface area contributed by atoms with Gasteiger partial charge in [-0.15, -0.1) is 0 Å². The third-order valence-corrected chi connectivity index (χ3v) is 5.06. The minimum atomic E-state index is 0.572. The normalized spacial score (nSPS) is 32.3. The summed E-state index contributed by atoms with van der Waals surface area (Å²) in [6.45, 7) is 7.30. The standard InChI is InChI=1S/C16H31N/c1-13(14-8-5-4-6-9-14)17-15-10-7-11-16(2,3)12-15/h13-15,17H,4-12H2,1-3H3/t13-,15?/m0/s1. The van der Waals surface area contributed by atoms with Gasteiger partial charge in [-0.25, -0.2) is 0 Å². The van der Waals surface area contributed by atoms with Crippen LogP contribution in [0.5, 0.6) is 0 Å². The summed E-state index contributed by atoms with van der Waals surface area (Å²) in [6, 6.07) is 1.53. The molecule has 0 aliphatic heterocycles. The van der Waals surface area contributed by atoms with Crippen molar-refractivity contribution in [3.63, 3.8) is 0 Å². The predicted molar refractivity (Wildman–Crippen MR) is 75.2 cm³/mol. The summed E-state index contributed by atoms with van der Waals surface area (Å²) in [5.74, 6) is 0.953. The van der Waals surface area contributed by atoms with E-state index in [0.29, 0.717) is 5.41 Å². The molecule has 0 radical (unpaired) electrons. The summed E-state index contributed by atoms with van der Waals surface area (Å²) in [6.07, 6.45) is 12.9. The Kier molecular flexibility index (Phi) is 4.52. The van der Waals surface area contributed by atoms with Crippen LogP contribution in [-0.2, 0) is 0 Å². The highest BCUT2D eigenvalue weighted by atomic mass is 15.0. The fraction of sp³-hybridized carbons (Fsp3) is 1.00. The molecule has 0 amide bonds. The van der Waals surface area contributed by atoms with Crippen molar-refractivity contribution in [2.75, 3.05) is 0 Å². The molecule has 2 fully saturated rings. The van der Waals surface area contributed by atoms with Gasteiger partial charge in [0.1, 0.15) is 0 Å². The molecule has 100 valence electrons. The SMILES string of the molecule is C[C@H](NC1CCCC(C)(C)C1)C1CCCCC1. The van der Waals surface area contributed by atoms with Crippen LogP contribution in [0.2, 0.25) is 0 Å². The van der Waals surface area contributed by atoms with E-state index in [1.54, 1.807) is 0 Å². The summed E-state index contributed by atoms with van der Waals surface area (Å²) in [7, 11) is 0. The van der Waals surface area contributed by atoms with Gasteiger partial charge in [0.15, 0.2) is 0 Å². The zero-order chi connectivity index (χ0) is 12.3. The molecule has 0 aromatic rings. The lowest BCUT2D eigenvalue weighted by atomic mass is 9.74. The lowest BCUT2D eigenvalue weighted by Crippen LogP contribution is -2.45. The van der Waals surface area contributed by atoms with Gasteiger partial charge >= 0.3 is 0 Å². The Morgan fingerprint density at radius 1 is 1.00 bits per heavy atom. The number of rotatable bonds is 3. The van der Waals surface area contributed by atoms with E-state index in [2.05, 4.69) is 26.1 Å². The highest BCUT2D eigenvalue weighted by Gasteiger charge is 2.30. The third-order valence-electron chi connectivity index (χ3n) is 5.06. The van der Waals surface area contributed by atoms with Crippen molar-refractivity contribution in [2.45, 2.75) is 90.6 Å². The van der Waals surface area contributed by atoms with Gasteiger partial charge in [0.2, 0.25) is 0 Å². The molecule has 2 rings (SSSR count). The second-order valence-electron chi connectivity index (χ2n) is 7.31. The molecule has 2 aliphatic rings. The van der Waals surface area contributed by atoms with Crippen LogP contribution in [0.15, 0.2) is 0 Å². The summed E-state index contributed by atoms with van der Waals surface area (Å²) >= 11 is 0. The molecule has 0 saturated heterocycles. The van der Waals surface area contributed by atoms with Gasteiger partial charge in [0, 0.05) is 12.1 Å². The van der Waals surface area contributed by atoms with E-state index in [9.17, 15) is 0 Å². The molecule has 0 aromatic heterocycles. The average molecular weight is 237 g/mol. The highest BCUT2D eigenvalue weighted by molar-refractivity contribution is 4.86. The van der Waals surface area contributed by atoms with Crippen LogP contribution in [0.3, 0.4) is 0 Å². The van der Waals surface area contributed by atoms with Crippen molar-refractivity contribution in [1.29, 1.82) is 0 Å². The second-order valence-corrected chi connectivity index (χ2v) is 7.31. The van der Waals surface area contributed by atoms with Gasteiger partial charge in [-0.3, -0.25) is 0 Å². The molecule has 0 heterocycles. The molecule has 1 unspecified atom stereocenters. The van der Waals surface area contributed by atoms with Crippen molar-refractivity contribution in [3.8, 4) is 0 Å². The first kappa shape index (κ1) is 13.4. The van der Waals surface area contributed by atoms with Crippen molar-refractivity contribution in [2.24, 2.45) is 11.3 Å². The first-order valence-electron chi connectivity index (χ1n) is 7.83. The van der Waals surface area contributed by atoms with E-state index < -0.39 is 0 Å². The van der Waals surface area contributed by atoms with E-state index >= 15 is 0 Å². The summed E-state index contributed by atoms with van der Waals surface area (Å²) in [4.78, 5) is 0. The Morgan fingerprint density at radius 3 is 2.35 bits per heavy atom. The van der Waals surface area contributed by atoms with Gasteiger partial charge in [-0.1, -0.05) is 39.5 Å². The predicted octanol–water partition coefficient (Wildman–Crippen LogP) is 4.51. The van der Waals surface area contributed by atoms with Crippen LogP contribution in [0.1, 0.15) is 78.6 Å². The number of nitrogens with one attached hydrogen (secondary N) is 1. The van der Waals surface area contributed by atoms with Crippen molar-refractivity contribution in [3.05, 3.63) is 0 Å². The minimum Gasteiger partial charge on any atom is -0.311 e. The maximum atomic E-state index is 3.94. The molecule has 1 N–H and O–H groups in total. The minimum absolute atomic E-state index is 0.572. The molecule has 2 atom stereocenters. The number of hydrogen-bond acceptors (Lipinski definition) is 1. The van der Waals surface area contributed by atoms with Crippen molar-refractivity contribution in [1.82, 2.24) is 5.32 Å². The Balaban J connectivity index is 1.79. The molecular weight excluding hydrogens is 206 g/mol. The fourth-order valence-electron chi connectivity index (χ4n) is 3.98. The Labute approximate surface area is 108 Å². The van der Waals surface area contributed by atoms with E-state index in [1.807, 2.05) is 0 Å². The summed E-state index contributed by atoms with van der Waals surface area (Å²) < 4.78 is 0. The number of hydrogen-bond donors (Lipinski definition) is 1. The van der Waals surface area contributed by atoms with Gasteiger partial charge < -0.3 is 5.32 Å². The fourth-order valence-corrected chi connectivity index (χ4v) is 3.98. The zero-order valence-corrected chi connectivity index (χ0v) is 12.1. The Hall–Kier alpha value is -0.0400. The monoisotopic (exact) mass is 237 g/mol. The molecule has 0 bridgehead atoms. The maximum absolute atomic E-state index is 3.94. The maximum Gasteiger partial charge on any atom is 0.00747 e. The van der Waals surface area contributed by atoms with E-state index in [1.165, 1.54) is 57.8 Å². The van der Waals surface area contributed by atoms with E-state index in [-0.39, 0.29) is 0 Å². The van der Waals surface area contributed by atoms with Crippen LogP contribution < -0.4 is 5.32 Å². The molecule has 2 aliphatic carbocycles. The summed E-state index contributed by atoms with van der Waals surface area (Å²) in [5.41, 5.74) is 0.572. The zero-order valence-electron chi connectivity index (χ0n) is 12.1. The Bertz CT molecular complexity index is 228. The molecular formula is C16H31N. The second kappa shape index (κ2) is 5.73.